The van der Waals surface area contributed by atoms with Gasteiger partial charge in [0, 0.05) is 44.0 Å². The fourth-order valence-electron chi connectivity index (χ4n) is 3.58. The third kappa shape index (κ3) is 6.81. The zero-order chi connectivity index (χ0) is 24.5. The quantitative estimate of drug-likeness (QED) is 0.205. The molecule has 0 fully saturated rings. The lowest BCUT2D eigenvalue weighted by Gasteiger charge is -2.19. The summed E-state index contributed by atoms with van der Waals surface area (Å²) in [6.45, 7) is 2.48. The van der Waals surface area contributed by atoms with Crippen LogP contribution in [0.3, 0.4) is 0 Å². The maximum absolute atomic E-state index is 13.1. The number of hydrogen-bond acceptors (Lipinski definition) is 4. The molecule has 0 unspecified atom stereocenters. The molecule has 0 aliphatic carbocycles. The molecule has 3 aromatic rings. The molecule has 7 heteroatoms. The van der Waals surface area contributed by atoms with Gasteiger partial charge in [0.1, 0.15) is 6.04 Å². The largest absolute Gasteiger partial charge is 0.378 e. The number of nitrogens with zero attached hydrogens (tertiary/aromatic N) is 1. The van der Waals surface area contributed by atoms with Crippen LogP contribution in [0, 0.1) is 5.41 Å². The molecule has 4 N–H and O–H groups in total. The van der Waals surface area contributed by atoms with Gasteiger partial charge in [-0.25, -0.2) is 0 Å². The van der Waals surface area contributed by atoms with Crippen molar-refractivity contribution in [1.82, 2.24) is 10.6 Å². The summed E-state index contributed by atoms with van der Waals surface area (Å²) >= 11 is 0. The molecular formula is C27H33N5O2. The number of hydrogen-bond donors (Lipinski definition) is 4. The highest BCUT2D eigenvalue weighted by molar-refractivity contribution is 6.03. The number of para-hydroxylation sites is 1. The van der Waals surface area contributed by atoms with E-state index >= 15 is 0 Å². The first kappa shape index (κ1) is 24.8. The average Bonchev–Trinajstić information content (AvgIpc) is 2.85. The molecule has 0 aromatic heterocycles. The van der Waals surface area contributed by atoms with E-state index in [2.05, 4.69) is 22.0 Å². The SMILES string of the molecule is CCC(=N)NCCC[C@H](NC(=O)c1ccc2cc(N(C)C)ccc2c1)C(=O)Nc1ccccc1. The molecule has 0 radical (unpaired) electrons. The monoisotopic (exact) mass is 459 g/mol. The summed E-state index contributed by atoms with van der Waals surface area (Å²) in [5.41, 5.74) is 2.28. The summed E-state index contributed by atoms with van der Waals surface area (Å²) in [6.07, 6.45) is 1.72. The maximum Gasteiger partial charge on any atom is 0.251 e. The molecule has 3 aromatic carbocycles. The minimum atomic E-state index is -0.697. The van der Waals surface area contributed by atoms with Gasteiger partial charge in [0.2, 0.25) is 5.91 Å². The average molecular weight is 460 g/mol. The van der Waals surface area contributed by atoms with E-state index in [1.165, 1.54) is 0 Å². The van der Waals surface area contributed by atoms with Crippen LogP contribution in [0.2, 0.25) is 0 Å². The molecule has 0 aliphatic rings. The minimum absolute atomic E-state index is 0.262. The van der Waals surface area contributed by atoms with Crippen LogP contribution in [0.15, 0.2) is 66.7 Å². The molecular weight excluding hydrogens is 426 g/mol. The summed E-state index contributed by atoms with van der Waals surface area (Å²) in [5.74, 6) is -0.0921. The normalized spacial score (nSPS) is 11.5. The number of fused-ring (bicyclic) bond motifs is 1. The highest BCUT2D eigenvalue weighted by Gasteiger charge is 2.21. The Kier molecular flexibility index (Phi) is 8.62. The predicted molar refractivity (Wildman–Crippen MR) is 140 cm³/mol. The Bertz CT molecular complexity index is 1140. The second kappa shape index (κ2) is 11.8. The second-order valence-electron chi connectivity index (χ2n) is 8.42. The molecule has 0 spiro atoms. The zero-order valence-electron chi connectivity index (χ0n) is 20.0. The van der Waals surface area contributed by atoms with Crippen molar-refractivity contribution in [2.75, 3.05) is 30.9 Å². The van der Waals surface area contributed by atoms with Crippen LogP contribution >= 0.6 is 0 Å². The topological polar surface area (TPSA) is 97.3 Å². The van der Waals surface area contributed by atoms with Gasteiger partial charge >= 0.3 is 0 Å². The third-order valence-electron chi connectivity index (χ3n) is 5.63. The smallest absolute Gasteiger partial charge is 0.251 e. The van der Waals surface area contributed by atoms with Crippen molar-refractivity contribution in [2.24, 2.45) is 0 Å². The summed E-state index contributed by atoms with van der Waals surface area (Å²) in [7, 11) is 3.98. The van der Waals surface area contributed by atoms with Gasteiger partial charge in [-0.3, -0.25) is 15.0 Å². The summed E-state index contributed by atoms with van der Waals surface area (Å²) in [5, 5.41) is 18.6. The molecule has 178 valence electrons. The van der Waals surface area contributed by atoms with Crippen LogP contribution in [-0.2, 0) is 4.79 Å². The molecule has 1 atom stereocenters. The first-order valence-electron chi connectivity index (χ1n) is 11.6. The number of amides is 2. The van der Waals surface area contributed by atoms with Crippen molar-refractivity contribution in [3.05, 3.63) is 72.3 Å². The third-order valence-corrected chi connectivity index (χ3v) is 5.63. The van der Waals surface area contributed by atoms with E-state index in [0.717, 1.165) is 16.5 Å². The summed E-state index contributed by atoms with van der Waals surface area (Å²) in [6, 6.07) is 20.1. The lowest BCUT2D eigenvalue weighted by atomic mass is 10.0. The lowest BCUT2D eigenvalue weighted by Crippen LogP contribution is -2.44. The van der Waals surface area contributed by atoms with Gasteiger partial charge in [0.05, 0.1) is 5.84 Å². The van der Waals surface area contributed by atoms with Crippen molar-refractivity contribution in [3.63, 3.8) is 0 Å². The highest BCUT2D eigenvalue weighted by atomic mass is 16.2. The van der Waals surface area contributed by atoms with Crippen LogP contribution in [0.5, 0.6) is 0 Å². The van der Waals surface area contributed by atoms with Gasteiger partial charge < -0.3 is 20.9 Å². The molecule has 0 heterocycles. The number of anilines is 2. The standard InChI is InChI=1S/C27H33N5O2/c1-4-25(28)29-16-8-11-24(27(34)30-22-9-6-5-7-10-22)31-26(33)21-13-12-20-18-23(32(2)3)15-14-19(20)17-21/h5-7,9-10,12-15,17-18,24H,4,8,11,16H2,1-3H3,(H2,28,29)(H,30,34)(H,31,33)/t24-/m0/s1. The van der Waals surface area contributed by atoms with Crippen LogP contribution in [0.1, 0.15) is 36.5 Å². The van der Waals surface area contributed by atoms with E-state index in [-0.39, 0.29) is 11.8 Å². The van der Waals surface area contributed by atoms with E-state index in [0.29, 0.717) is 42.9 Å². The Labute approximate surface area is 201 Å². The fourth-order valence-corrected chi connectivity index (χ4v) is 3.58. The molecule has 0 aliphatic heterocycles. The number of benzene rings is 3. The Balaban J connectivity index is 1.72. The second-order valence-corrected chi connectivity index (χ2v) is 8.42. The Morgan fingerprint density at radius 2 is 1.68 bits per heavy atom. The minimum Gasteiger partial charge on any atom is -0.378 e. The van der Waals surface area contributed by atoms with Gasteiger partial charge in [-0.1, -0.05) is 37.3 Å². The molecule has 2 amide bonds. The summed E-state index contributed by atoms with van der Waals surface area (Å²) < 4.78 is 0. The Morgan fingerprint density at radius 3 is 2.38 bits per heavy atom. The zero-order valence-corrected chi connectivity index (χ0v) is 20.0. The van der Waals surface area contributed by atoms with Crippen molar-refractivity contribution in [2.45, 2.75) is 32.2 Å². The van der Waals surface area contributed by atoms with Gasteiger partial charge in [0.15, 0.2) is 0 Å². The number of amidine groups is 1. The van der Waals surface area contributed by atoms with E-state index in [4.69, 9.17) is 5.41 Å². The Morgan fingerprint density at radius 1 is 0.971 bits per heavy atom. The number of rotatable bonds is 10. The van der Waals surface area contributed by atoms with Crippen molar-refractivity contribution in [1.29, 1.82) is 5.41 Å². The van der Waals surface area contributed by atoms with E-state index in [1.807, 2.05) is 80.5 Å². The van der Waals surface area contributed by atoms with Crippen molar-refractivity contribution < 1.29 is 9.59 Å². The van der Waals surface area contributed by atoms with Crippen LogP contribution < -0.4 is 20.9 Å². The van der Waals surface area contributed by atoms with Crippen LogP contribution in [0.4, 0.5) is 11.4 Å². The molecule has 34 heavy (non-hydrogen) atoms. The fraction of sp³-hybridized carbons (Fsp3) is 0.296. The first-order valence-corrected chi connectivity index (χ1v) is 11.6. The number of carbonyl (C=O) groups is 2. The number of nitrogens with one attached hydrogen (secondary N) is 4. The Hall–Kier alpha value is -3.87. The van der Waals surface area contributed by atoms with Gasteiger partial charge in [-0.2, -0.15) is 0 Å². The first-order chi connectivity index (χ1) is 16.4. The number of carbonyl (C=O) groups excluding carboxylic acids is 2. The van der Waals surface area contributed by atoms with E-state index < -0.39 is 6.04 Å². The lowest BCUT2D eigenvalue weighted by molar-refractivity contribution is -0.118. The van der Waals surface area contributed by atoms with E-state index in [1.54, 1.807) is 6.07 Å². The van der Waals surface area contributed by atoms with Gasteiger partial charge in [0.25, 0.3) is 5.91 Å². The molecule has 0 saturated carbocycles. The molecule has 3 rings (SSSR count). The van der Waals surface area contributed by atoms with Crippen LogP contribution in [0.25, 0.3) is 10.8 Å². The van der Waals surface area contributed by atoms with Gasteiger partial charge in [-0.15, -0.1) is 0 Å². The maximum atomic E-state index is 13.1. The van der Waals surface area contributed by atoms with Gasteiger partial charge in [-0.05, 0) is 60.0 Å². The van der Waals surface area contributed by atoms with E-state index in [9.17, 15) is 9.59 Å². The summed E-state index contributed by atoms with van der Waals surface area (Å²) in [4.78, 5) is 28.1. The van der Waals surface area contributed by atoms with Crippen LogP contribution in [-0.4, -0.2) is 44.3 Å². The predicted octanol–water partition coefficient (Wildman–Crippen LogP) is 4.40. The highest BCUT2D eigenvalue weighted by Crippen LogP contribution is 2.22. The molecule has 7 nitrogen and oxygen atoms in total. The molecule has 0 bridgehead atoms. The van der Waals surface area contributed by atoms with Crippen molar-refractivity contribution in [3.8, 4) is 0 Å². The van der Waals surface area contributed by atoms with Crippen molar-refractivity contribution >= 4 is 39.8 Å². The molecule has 0 saturated heterocycles.